The number of fused-ring (bicyclic) bond motifs is 1. The molecule has 0 spiro atoms. The molecule has 0 amide bonds. The quantitative estimate of drug-likeness (QED) is 0.875. The third kappa shape index (κ3) is 2.18. The zero-order valence-corrected chi connectivity index (χ0v) is 10.5. The van der Waals surface area contributed by atoms with Crippen molar-refractivity contribution >= 4 is 16.6 Å². The van der Waals surface area contributed by atoms with Gasteiger partial charge in [-0.05, 0) is 43.5 Å². The van der Waals surface area contributed by atoms with Gasteiger partial charge in [-0.1, -0.05) is 6.07 Å². The number of rotatable bonds is 2. The van der Waals surface area contributed by atoms with Crippen molar-refractivity contribution < 1.29 is 0 Å². The lowest BCUT2D eigenvalue weighted by Gasteiger charge is -2.33. The van der Waals surface area contributed by atoms with Crippen molar-refractivity contribution in [2.24, 2.45) is 11.7 Å². The van der Waals surface area contributed by atoms with E-state index >= 15 is 0 Å². The fourth-order valence-corrected chi connectivity index (χ4v) is 2.59. The lowest BCUT2D eigenvalue weighted by molar-refractivity contribution is 0.414. The molecule has 2 heterocycles. The summed E-state index contributed by atoms with van der Waals surface area (Å²) in [6, 6.07) is 11.6. The van der Waals surface area contributed by atoms with Crippen molar-refractivity contribution in [2.75, 3.05) is 24.5 Å². The molecule has 0 saturated carbocycles. The third-order valence-corrected chi connectivity index (χ3v) is 3.81. The minimum Gasteiger partial charge on any atom is -0.371 e. The van der Waals surface area contributed by atoms with Gasteiger partial charge in [0, 0.05) is 36.4 Å². The highest BCUT2D eigenvalue weighted by Gasteiger charge is 2.18. The van der Waals surface area contributed by atoms with Gasteiger partial charge in [0.2, 0.25) is 0 Å². The standard InChI is InChI=1S/C15H18N3/c16-11-12-5-8-18(9-6-12)14-4-3-13-2-1-7-17-15(13)10-14/h1-3,7,10,12H,5-6,8-9,11,16H2. The Morgan fingerprint density at radius 2 is 2.22 bits per heavy atom. The number of nitrogens with zero attached hydrogens (tertiary/aromatic N) is 2. The molecule has 1 radical (unpaired) electrons. The maximum Gasteiger partial charge on any atom is 0.0723 e. The van der Waals surface area contributed by atoms with Crippen molar-refractivity contribution in [3.05, 3.63) is 36.5 Å². The second-order valence-corrected chi connectivity index (χ2v) is 4.96. The molecule has 0 unspecified atom stereocenters. The number of hydrogen-bond donors (Lipinski definition) is 1. The molecular weight excluding hydrogens is 222 g/mol. The molecule has 0 bridgehead atoms. The Morgan fingerprint density at radius 3 is 3.00 bits per heavy atom. The molecule has 1 aromatic carbocycles. The first kappa shape index (κ1) is 11.5. The summed E-state index contributed by atoms with van der Waals surface area (Å²) in [5.41, 5.74) is 7.94. The summed E-state index contributed by atoms with van der Waals surface area (Å²) in [6.07, 6.45) is 4.21. The number of hydrogen-bond acceptors (Lipinski definition) is 3. The Labute approximate surface area is 108 Å². The molecule has 3 rings (SSSR count). The summed E-state index contributed by atoms with van der Waals surface area (Å²) < 4.78 is 0. The maximum atomic E-state index is 5.73. The van der Waals surface area contributed by atoms with Gasteiger partial charge in [-0.2, -0.15) is 0 Å². The van der Waals surface area contributed by atoms with Crippen molar-refractivity contribution in [1.82, 2.24) is 4.98 Å². The number of anilines is 1. The maximum absolute atomic E-state index is 5.73. The van der Waals surface area contributed by atoms with Crippen LogP contribution in [0.3, 0.4) is 0 Å². The van der Waals surface area contributed by atoms with Gasteiger partial charge in [-0.25, -0.2) is 0 Å². The molecule has 0 aliphatic carbocycles. The van der Waals surface area contributed by atoms with Crippen LogP contribution < -0.4 is 10.6 Å². The van der Waals surface area contributed by atoms with Gasteiger partial charge in [-0.15, -0.1) is 0 Å². The highest BCUT2D eigenvalue weighted by Crippen LogP contribution is 2.24. The van der Waals surface area contributed by atoms with E-state index in [0.29, 0.717) is 5.92 Å². The van der Waals surface area contributed by atoms with Crippen LogP contribution >= 0.6 is 0 Å². The molecule has 3 heteroatoms. The van der Waals surface area contributed by atoms with Gasteiger partial charge in [0.25, 0.3) is 0 Å². The van der Waals surface area contributed by atoms with Gasteiger partial charge >= 0.3 is 0 Å². The van der Waals surface area contributed by atoms with Crippen LogP contribution in [0.25, 0.3) is 10.9 Å². The smallest absolute Gasteiger partial charge is 0.0723 e. The number of piperidine rings is 1. The molecule has 1 aromatic heterocycles. The van der Waals surface area contributed by atoms with Crippen molar-refractivity contribution in [3.8, 4) is 0 Å². The Hall–Kier alpha value is -1.61. The fourth-order valence-electron chi connectivity index (χ4n) is 2.59. The predicted molar refractivity (Wildman–Crippen MR) is 74.6 cm³/mol. The predicted octanol–water partition coefficient (Wildman–Crippen LogP) is 2.21. The molecule has 18 heavy (non-hydrogen) atoms. The van der Waals surface area contributed by atoms with E-state index in [1.807, 2.05) is 18.3 Å². The molecule has 2 aromatic rings. The Bertz CT molecular complexity index is 530. The van der Waals surface area contributed by atoms with E-state index in [2.05, 4.69) is 28.1 Å². The van der Waals surface area contributed by atoms with Crippen molar-refractivity contribution in [2.45, 2.75) is 12.8 Å². The van der Waals surface area contributed by atoms with Crippen LogP contribution in [-0.2, 0) is 0 Å². The lowest BCUT2D eigenvalue weighted by Crippen LogP contribution is -2.36. The lowest BCUT2D eigenvalue weighted by atomic mass is 9.96. The average Bonchev–Trinajstić information content (AvgIpc) is 2.47. The van der Waals surface area contributed by atoms with Crippen LogP contribution in [0.15, 0.2) is 30.5 Å². The first-order valence-corrected chi connectivity index (χ1v) is 6.58. The highest BCUT2D eigenvalue weighted by atomic mass is 15.1. The highest BCUT2D eigenvalue weighted by molar-refractivity contribution is 5.81. The zero-order chi connectivity index (χ0) is 12.4. The Kier molecular flexibility index (Phi) is 3.15. The van der Waals surface area contributed by atoms with E-state index in [9.17, 15) is 0 Å². The monoisotopic (exact) mass is 240 g/mol. The van der Waals surface area contributed by atoms with Crippen LogP contribution in [0.2, 0.25) is 0 Å². The van der Waals surface area contributed by atoms with E-state index in [4.69, 9.17) is 5.73 Å². The van der Waals surface area contributed by atoms with Crippen LogP contribution in [-0.4, -0.2) is 24.6 Å². The summed E-state index contributed by atoms with van der Waals surface area (Å²) in [6.45, 7) is 2.98. The normalized spacial score (nSPS) is 17.3. The fraction of sp³-hybridized carbons (Fsp3) is 0.400. The number of nitrogens with two attached hydrogens (primary N) is 1. The van der Waals surface area contributed by atoms with E-state index in [1.54, 1.807) is 0 Å². The second kappa shape index (κ2) is 4.94. The van der Waals surface area contributed by atoms with Crippen molar-refractivity contribution in [3.63, 3.8) is 0 Å². The largest absolute Gasteiger partial charge is 0.371 e. The summed E-state index contributed by atoms with van der Waals surface area (Å²) >= 11 is 0. The number of pyridine rings is 1. The molecular formula is C15H18N3. The summed E-state index contributed by atoms with van der Waals surface area (Å²) in [5.74, 6) is 0.694. The minimum atomic E-state index is 0.694. The topological polar surface area (TPSA) is 42.1 Å². The van der Waals surface area contributed by atoms with Crippen LogP contribution in [0.1, 0.15) is 12.8 Å². The van der Waals surface area contributed by atoms with Crippen LogP contribution in [0.4, 0.5) is 5.69 Å². The summed E-state index contributed by atoms with van der Waals surface area (Å²) in [4.78, 5) is 6.79. The molecule has 2 N–H and O–H groups in total. The first-order chi connectivity index (χ1) is 8.86. The second-order valence-electron chi connectivity index (χ2n) is 4.96. The average molecular weight is 240 g/mol. The molecule has 1 fully saturated rings. The zero-order valence-electron chi connectivity index (χ0n) is 10.5. The first-order valence-electron chi connectivity index (χ1n) is 6.58. The van der Waals surface area contributed by atoms with Gasteiger partial charge in [-0.3, -0.25) is 4.98 Å². The van der Waals surface area contributed by atoms with Gasteiger partial charge < -0.3 is 10.6 Å². The number of benzene rings is 1. The third-order valence-electron chi connectivity index (χ3n) is 3.81. The summed E-state index contributed by atoms with van der Waals surface area (Å²) in [7, 11) is 0. The molecule has 1 saturated heterocycles. The van der Waals surface area contributed by atoms with Crippen LogP contribution in [0.5, 0.6) is 0 Å². The van der Waals surface area contributed by atoms with E-state index in [1.165, 1.54) is 12.8 Å². The van der Waals surface area contributed by atoms with Crippen molar-refractivity contribution in [1.29, 1.82) is 0 Å². The molecule has 93 valence electrons. The van der Waals surface area contributed by atoms with E-state index in [0.717, 1.165) is 36.2 Å². The minimum absolute atomic E-state index is 0.694. The molecule has 1 aliphatic rings. The SMILES string of the molecule is NCC1CCN(c2[c]cc3cccnc3c2)CC1. The Morgan fingerprint density at radius 1 is 1.39 bits per heavy atom. The van der Waals surface area contributed by atoms with E-state index < -0.39 is 0 Å². The van der Waals surface area contributed by atoms with Gasteiger partial charge in [0.1, 0.15) is 0 Å². The summed E-state index contributed by atoms with van der Waals surface area (Å²) in [5, 5.41) is 1.15. The Balaban J connectivity index is 1.82. The van der Waals surface area contributed by atoms with Gasteiger partial charge in [0.05, 0.1) is 5.52 Å². The van der Waals surface area contributed by atoms with E-state index in [-0.39, 0.29) is 0 Å². The molecule has 1 aliphatic heterocycles. The van der Waals surface area contributed by atoms with Gasteiger partial charge in [0.15, 0.2) is 0 Å². The van der Waals surface area contributed by atoms with Crippen LogP contribution in [0, 0.1) is 12.0 Å². The molecule has 3 nitrogen and oxygen atoms in total. The molecule has 0 atom stereocenters. The number of aromatic nitrogens is 1.